The Hall–Kier alpha value is -3.78. The second-order valence-electron chi connectivity index (χ2n) is 7.74. The van der Waals surface area contributed by atoms with Gasteiger partial charge in [0.1, 0.15) is 29.2 Å². The molecule has 4 aromatic heterocycles. The summed E-state index contributed by atoms with van der Waals surface area (Å²) in [6.07, 6.45) is 2.00. The molecule has 0 amide bonds. The van der Waals surface area contributed by atoms with Crippen molar-refractivity contribution < 1.29 is 17.9 Å². The molecule has 182 valence electrons. The quantitative estimate of drug-likeness (QED) is 0.337. The highest BCUT2D eigenvalue weighted by molar-refractivity contribution is 7.95. The third-order valence-corrected chi connectivity index (χ3v) is 5.77. The number of fused-ring (bicyclic) bond motifs is 1. The second-order valence-corrected chi connectivity index (χ2v) is 9.06. The largest absolute Gasteiger partial charge is 0.497 e. The molecule has 5 aromatic rings. The standard InChI is InChI=1S/C21H20F3N9OS/c1-30(2)35-31-11-15(26-12-31)17-16(27-20-25-8-9-32(17)20)18-28-19(21(22,23)24)29-33(18)10-13-4-6-14(34-3)7-5-13/h4-9,11-12H,10H2,1-3H3,(H,25,27). The predicted molar refractivity (Wildman–Crippen MR) is 124 cm³/mol. The summed E-state index contributed by atoms with van der Waals surface area (Å²) in [6, 6.07) is 7.00. The van der Waals surface area contributed by atoms with Crippen LogP contribution in [0.3, 0.4) is 0 Å². The third-order valence-electron chi connectivity index (χ3n) is 5.06. The van der Waals surface area contributed by atoms with Crippen molar-refractivity contribution in [3.63, 3.8) is 0 Å². The van der Waals surface area contributed by atoms with Crippen molar-refractivity contribution in [2.45, 2.75) is 12.7 Å². The summed E-state index contributed by atoms with van der Waals surface area (Å²) in [6.45, 7) is 0.0636. The summed E-state index contributed by atoms with van der Waals surface area (Å²) in [5.41, 5.74) is 2.11. The van der Waals surface area contributed by atoms with Crippen molar-refractivity contribution >= 4 is 17.9 Å². The molecule has 10 nitrogen and oxygen atoms in total. The first-order valence-corrected chi connectivity index (χ1v) is 11.1. The highest BCUT2D eigenvalue weighted by atomic mass is 32.2. The van der Waals surface area contributed by atoms with Gasteiger partial charge in [-0.25, -0.2) is 23.9 Å². The van der Waals surface area contributed by atoms with Gasteiger partial charge in [0.2, 0.25) is 5.78 Å². The minimum atomic E-state index is -4.71. The Bertz CT molecular complexity index is 1460. The van der Waals surface area contributed by atoms with Crippen LogP contribution in [-0.2, 0) is 12.7 Å². The van der Waals surface area contributed by atoms with Crippen molar-refractivity contribution in [1.29, 1.82) is 0 Å². The number of halogens is 3. The number of imidazole rings is 3. The van der Waals surface area contributed by atoms with E-state index in [0.29, 0.717) is 28.6 Å². The van der Waals surface area contributed by atoms with Gasteiger partial charge < -0.3 is 9.72 Å². The van der Waals surface area contributed by atoms with Gasteiger partial charge in [0.15, 0.2) is 5.82 Å². The zero-order valence-electron chi connectivity index (χ0n) is 18.9. The van der Waals surface area contributed by atoms with Gasteiger partial charge >= 0.3 is 6.18 Å². The van der Waals surface area contributed by atoms with Crippen molar-refractivity contribution in [3.05, 3.63) is 60.6 Å². The molecule has 35 heavy (non-hydrogen) atoms. The fraction of sp³-hybridized carbons (Fsp3) is 0.238. The molecule has 5 rings (SSSR count). The zero-order chi connectivity index (χ0) is 24.7. The maximum atomic E-state index is 13.6. The first-order chi connectivity index (χ1) is 16.7. The number of ether oxygens (including phenoxy) is 1. The van der Waals surface area contributed by atoms with E-state index in [1.54, 1.807) is 64.7 Å². The van der Waals surface area contributed by atoms with Crippen LogP contribution in [-0.4, -0.2) is 63.6 Å². The van der Waals surface area contributed by atoms with E-state index < -0.39 is 12.0 Å². The van der Waals surface area contributed by atoms with Gasteiger partial charge in [0, 0.05) is 30.7 Å². The molecule has 4 heterocycles. The lowest BCUT2D eigenvalue weighted by Gasteiger charge is -2.08. The van der Waals surface area contributed by atoms with Crippen molar-refractivity contribution in [2.75, 3.05) is 21.2 Å². The molecule has 0 aliphatic carbocycles. The number of aromatic amines is 1. The molecule has 14 heteroatoms. The molecular weight excluding hydrogens is 483 g/mol. The molecular formula is C21H20F3N9OS. The third kappa shape index (κ3) is 4.49. The monoisotopic (exact) mass is 503 g/mol. The Balaban J connectivity index is 1.64. The van der Waals surface area contributed by atoms with E-state index in [4.69, 9.17) is 4.74 Å². The highest BCUT2D eigenvalue weighted by Crippen LogP contribution is 2.34. The van der Waals surface area contributed by atoms with E-state index >= 15 is 0 Å². The molecule has 1 aromatic carbocycles. The number of benzene rings is 1. The minimum Gasteiger partial charge on any atom is -0.497 e. The molecule has 1 N–H and O–H groups in total. The lowest BCUT2D eigenvalue weighted by atomic mass is 10.2. The van der Waals surface area contributed by atoms with Crippen LogP contribution in [0.15, 0.2) is 49.2 Å². The summed E-state index contributed by atoms with van der Waals surface area (Å²) < 4.78 is 52.7. The molecule has 0 saturated carbocycles. The van der Waals surface area contributed by atoms with E-state index in [1.165, 1.54) is 16.8 Å². The van der Waals surface area contributed by atoms with E-state index in [9.17, 15) is 13.2 Å². The molecule has 0 aliphatic heterocycles. The fourth-order valence-electron chi connectivity index (χ4n) is 3.60. The molecule has 0 fully saturated rings. The normalized spacial score (nSPS) is 12.2. The number of nitrogens with zero attached hydrogens (tertiary/aromatic N) is 8. The smallest absolute Gasteiger partial charge is 0.453 e. The Morgan fingerprint density at radius 2 is 1.91 bits per heavy atom. The topological polar surface area (TPSA) is 94.1 Å². The Labute approximate surface area is 201 Å². The van der Waals surface area contributed by atoms with Gasteiger partial charge in [-0.15, -0.1) is 5.10 Å². The second kappa shape index (κ2) is 8.78. The lowest BCUT2D eigenvalue weighted by Crippen LogP contribution is -2.09. The Morgan fingerprint density at radius 1 is 1.14 bits per heavy atom. The van der Waals surface area contributed by atoms with E-state index in [2.05, 4.69) is 25.0 Å². The fourth-order valence-corrected chi connectivity index (χ4v) is 4.22. The molecule has 0 spiro atoms. The maximum absolute atomic E-state index is 13.6. The average Bonchev–Trinajstić information content (AvgIpc) is 3.56. The first-order valence-electron chi connectivity index (χ1n) is 10.3. The van der Waals surface area contributed by atoms with Crippen molar-refractivity contribution in [2.24, 2.45) is 0 Å². The SMILES string of the molecule is COc1ccc(Cn2nc(C(F)(F)F)nc2-c2[nH]c3nccn3c2-c2cn(SN(C)C)cn2)cc1. The minimum absolute atomic E-state index is 0.0171. The first kappa shape index (κ1) is 23.0. The van der Waals surface area contributed by atoms with Crippen LogP contribution in [0.1, 0.15) is 11.4 Å². The van der Waals surface area contributed by atoms with Crippen LogP contribution in [0.2, 0.25) is 0 Å². The highest BCUT2D eigenvalue weighted by Gasteiger charge is 2.38. The number of rotatable bonds is 7. The lowest BCUT2D eigenvalue weighted by molar-refractivity contribution is -0.144. The molecule has 0 atom stereocenters. The van der Waals surface area contributed by atoms with Crippen LogP contribution in [0, 0.1) is 0 Å². The zero-order valence-corrected chi connectivity index (χ0v) is 19.7. The van der Waals surface area contributed by atoms with Gasteiger partial charge in [0.05, 0.1) is 13.7 Å². The Morgan fingerprint density at radius 3 is 2.60 bits per heavy atom. The average molecular weight is 504 g/mol. The van der Waals surface area contributed by atoms with E-state index in [0.717, 1.165) is 5.56 Å². The molecule has 0 aliphatic rings. The van der Waals surface area contributed by atoms with Crippen molar-refractivity contribution in [3.8, 4) is 28.7 Å². The summed E-state index contributed by atoms with van der Waals surface area (Å²) in [4.78, 5) is 15.7. The predicted octanol–water partition coefficient (Wildman–Crippen LogP) is 3.83. The molecule has 0 saturated heterocycles. The number of aromatic nitrogens is 8. The summed E-state index contributed by atoms with van der Waals surface area (Å²) in [5.74, 6) is -0.128. The van der Waals surface area contributed by atoms with Gasteiger partial charge in [-0.2, -0.15) is 13.2 Å². The van der Waals surface area contributed by atoms with Crippen LogP contribution >= 0.6 is 12.1 Å². The van der Waals surface area contributed by atoms with Gasteiger partial charge in [-0.3, -0.25) is 8.37 Å². The number of methoxy groups -OCH3 is 1. The van der Waals surface area contributed by atoms with Gasteiger partial charge in [-0.1, -0.05) is 12.1 Å². The summed E-state index contributed by atoms with van der Waals surface area (Å²) in [7, 11) is 5.32. The summed E-state index contributed by atoms with van der Waals surface area (Å²) >= 11 is 1.40. The number of H-pyrrole nitrogens is 1. The molecule has 0 unspecified atom stereocenters. The van der Waals surface area contributed by atoms with Crippen LogP contribution in [0.4, 0.5) is 13.2 Å². The number of hydrogen-bond acceptors (Lipinski definition) is 7. The number of hydrogen-bond donors (Lipinski definition) is 1. The molecule has 0 bridgehead atoms. The summed E-state index contributed by atoms with van der Waals surface area (Å²) in [5, 5.41) is 3.79. The van der Waals surface area contributed by atoms with Crippen LogP contribution < -0.4 is 4.74 Å². The number of nitrogens with one attached hydrogen (secondary N) is 1. The Kier molecular flexibility index (Phi) is 5.76. The molecule has 0 radical (unpaired) electrons. The van der Waals surface area contributed by atoms with Gasteiger partial charge in [0.25, 0.3) is 5.82 Å². The van der Waals surface area contributed by atoms with E-state index in [1.807, 2.05) is 18.4 Å². The number of alkyl halides is 3. The van der Waals surface area contributed by atoms with Crippen LogP contribution in [0.5, 0.6) is 5.75 Å². The van der Waals surface area contributed by atoms with Crippen molar-refractivity contribution in [1.82, 2.24) is 42.4 Å². The van der Waals surface area contributed by atoms with Crippen LogP contribution in [0.25, 0.3) is 28.7 Å². The van der Waals surface area contributed by atoms with Gasteiger partial charge in [-0.05, 0) is 31.8 Å². The maximum Gasteiger partial charge on any atom is 0.453 e. The van der Waals surface area contributed by atoms with E-state index in [-0.39, 0.29) is 12.4 Å².